The van der Waals surface area contributed by atoms with Crippen LogP contribution >= 0.6 is 23.2 Å². The van der Waals surface area contributed by atoms with Gasteiger partial charge in [-0.25, -0.2) is 0 Å². The van der Waals surface area contributed by atoms with Gasteiger partial charge in [0.2, 0.25) is 0 Å². The van der Waals surface area contributed by atoms with E-state index in [0.29, 0.717) is 17.0 Å². The minimum absolute atomic E-state index is 0.362. The van der Waals surface area contributed by atoms with E-state index in [1.54, 1.807) is 0 Å². The molecule has 2 aromatic carbocycles. The Hall–Kier alpha value is -1.02. The predicted octanol–water partition coefficient (Wildman–Crippen LogP) is 5.18. The van der Waals surface area contributed by atoms with Crippen molar-refractivity contribution in [3.05, 3.63) is 69.2 Å². The van der Waals surface area contributed by atoms with Crippen LogP contribution in [0.2, 0.25) is 10.0 Å². The van der Waals surface area contributed by atoms with Crippen molar-refractivity contribution in [3.8, 4) is 0 Å². The Morgan fingerprint density at radius 2 is 1.70 bits per heavy atom. The van der Waals surface area contributed by atoms with E-state index in [4.69, 9.17) is 23.2 Å². The first kappa shape index (κ1) is 13.9. The number of nitrogens with one attached hydrogen (secondary N) is 1. The molecule has 0 aromatic heterocycles. The van der Waals surface area contributed by atoms with Gasteiger partial charge in [-0.05, 0) is 48.7 Å². The molecule has 104 valence electrons. The van der Waals surface area contributed by atoms with Gasteiger partial charge in [0, 0.05) is 22.0 Å². The molecule has 2 atom stereocenters. The van der Waals surface area contributed by atoms with Crippen molar-refractivity contribution >= 4 is 23.2 Å². The third kappa shape index (κ3) is 2.46. The van der Waals surface area contributed by atoms with E-state index in [-0.39, 0.29) is 0 Å². The van der Waals surface area contributed by atoms with Gasteiger partial charge in [0.25, 0.3) is 0 Å². The number of hydrogen-bond acceptors (Lipinski definition) is 1. The van der Waals surface area contributed by atoms with Crippen LogP contribution in [0.1, 0.15) is 41.5 Å². The fraction of sp³-hybridized carbons (Fsp3) is 0.294. The van der Waals surface area contributed by atoms with Gasteiger partial charge in [-0.2, -0.15) is 0 Å². The van der Waals surface area contributed by atoms with Crippen LogP contribution in [0.15, 0.2) is 42.5 Å². The molecule has 1 aliphatic rings. The zero-order chi connectivity index (χ0) is 14.1. The lowest BCUT2D eigenvalue weighted by atomic mass is 9.77. The largest absolute Gasteiger partial charge is 0.313 e. The number of rotatable bonds is 2. The molecule has 0 saturated heterocycles. The highest BCUT2D eigenvalue weighted by Gasteiger charge is 2.28. The summed E-state index contributed by atoms with van der Waals surface area (Å²) >= 11 is 12.4. The average molecular weight is 306 g/mol. The molecule has 20 heavy (non-hydrogen) atoms. The molecule has 0 aliphatic heterocycles. The van der Waals surface area contributed by atoms with Gasteiger partial charge in [0.05, 0.1) is 0 Å². The molecule has 2 unspecified atom stereocenters. The van der Waals surface area contributed by atoms with Crippen LogP contribution in [0.5, 0.6) is 0 Å². The molecule has 2 aromatic rings. The first-order valence-corrected chi connectivity index (χ1v) is 7.67. The minimum Gasteiger partial charge on any atom is -0.313 e. The lowest BCUT2D eigenvalue weighted by Crippen LogP contribution is -2.24. The topological polar surface area (TPSA) is 12.0 Å². The molecule has 0 spiro atoms. The summed E-state index contributed by atoms with van der Waals surface area (Å²) in [5.74, 6) is 0.362. The lowest BCUT2D eigenvalue weighted by molar-refractivity contribution is 0.471. The van der Waals surface area contributed by atoms with Crippen molar-refractivity contribution in [1.82, 2.24) is 5.32 Å². The molecule has 0 amide bonds. The molecular formula is C17H17Cl2N. The number of fused-ring (bicyclic) bond motifs is 1. The van der Waals surface area contributed by atoms with Crippen molar-refractivity contribution in [2.75, 3.05) is 7.05 Å². The fourth-order valence-electron chi connectivity index (χ4n) is 3.20. The van der Waals surface area contributed by atoms with E-state index in [1.807, 2.05) is 19.2 Å². The summed E-state index contributed by atoms with van der Waals surface area (Å²) in [5, 5.41) is 4.86. The number of halogens is 2. The van der Waals surface area contributed by atoms with Gasteiger partial charge in [-0.1, -0.05) is 53.5 Å². The molecule has 1 aliphatic carbocycles. The summed E-state index contributed by atoms with van der Waals surface area (Å²) in [4.78, 5) is 0. The second kappa shape index (κ2) is 5.77. The van der Waals surface area contributed by atoms with Crippen molar-refractivity contribution < 1.29 is 0 Å². The van der Waals surface area contributed by atoms with Gasteiger partial charge in [0.15, 0.2) is 0 Å². The summed E-state index contributed by atoms with van der Waals surface area (Å²) in [5.41, 5.74) is 3.94. The SMILES string of the molecule is CNC1CCC(c2ccc(Cl)cc2Cl)c2ccccc21. The standard InChI is InChI=1S/C17H17Cl2N/c1-20-17-9-8-13(12-4-2-3-5-15(12)17)14-7-6-11(18)10-16(14)19/h2-7,10,13,17,20H,8-9H2,1H3. The van der Waals surface area contributed by atoms with E-state index in [2.05, 4.69) is 35.6 Å². The summed E-state index contributed by atoms with van der Waals surface area (Å²) in [6.45, 7) is 0. The van der Waals surface area contributed by atoms with Crippen LogP contribution in [-0.2, 0) is 0 Å². The van der Waals surface area contributed by atoms with E-state index < -0.39 is 0 Å². The molecule has 0 fully saturated rings. The second-order valence-electron chi connectivity index (χ2n) is 5.27. The molecule has 1 nitrogen and oxygen atoms in total. The Kier molecular flexibility index (Phi) is 4.02. The normalized spacial score (nSPS) is 21.6. The van der Waals surface area contributed by atoms with Crippen LogP contribution in [0.4, 0.5) is 0 Å². The van der Waals surface area contributed by atoms with Crippen LogP contribution in [0.25, 0.3) is 0 Å². The van der Waals surface area contributed by atoms with Crippen molar-refractivity contribution in [2.24, 2.45) is 0 Å². The lowest BCUT2D eigenvalue weighted by Gasteiger charge is -2.32. The van der Waals surface area contributed by atoms with Gasteiger partial charge in [0.1, 0.15) is 0 Å². The van der Waals surface area contributed by atoms with E-state index in [9.17, 15) is 0 Å². The zero-order valence-electron chi connectivity index (χ0n) is 11.4. The van der Waals surface area contributed by atoms with E-state index in [0.717, 1.165) is 17.9 Å². The zero-order valence-corrected chi connectivity index (χ0v) is 12.9. The Morgan fingerprint density at radius 1 is 0.950 bits per heavy atom. The Balaban J connectivity index is 2.07. The van der Waals surface area contributed by atoms with E-state index >= 15 is 0 Å². The van der Waals surface area contributed by atoms with Crippen molar-refractivity contribution in [3.63, 3.8) is 0 Å². The minimum atomic E-state index is 0.362. The first-order valence-electron chi connectivity index (χ1n) is 6.91. The summed E-state index contributed by atoms with van der Waals surface area (Å²) < 4.78 is 0. The Bertz CT molecular complexity index is 624. The van der Waals surface area contributed by atoms with Crippen molar-refractivity contribution in [2.45, 2.75) is 24.8 Å². The third-order valence-corrected chi connectivity index (χ3v) is 4.74. The third-order valence-electron chi connectivity index (χ3n) is 4.18. The average Bonchev–Trinajstić information content (AvgIpc) is 2.47. The Morgan fingerprint density at radius 3 is 2.40 bits per heavy atom. The maximum Gasteiger partial charge on any atom is 0.0459 e. The molecule has 0 saturated carbocycles. The molecule has 1 N–H and O–H groups in total. The van der Waals surface area contributed by atoms with Crippen LogP contribution < -0.4 is 5.32 Å². The number of benzene rings is 2. The smallest absolute Gasteiger partial charge is 0.0459 e. The van der Waals surface area contributed by atoms with Crippen molar-refractivity contribution in [1.29, 1.82) is 0 Å². The predicted molar refractivity (Wildman–Crippen MR) is 85.8 cm³/mol. The second-order valence-corrected chi connectivity index (χ2v) is 6.11. The summed E-state index contributed by atoms with van der Waals surface area (Å²) in [6, 6.07) is 14.9. The van der Waals surface area contributed by atoms with Gasteiger partial charge < -0.3 is 5.32 Å². The molecule has 3 heteroatoms. The fourth-order valence-corrected chi connectivity index (χ4v) is 3.74. The van der Waals surface area contributed by atoms with Crippen LogP contribution in [0, 0.1) is 0 Å². The monoisotopic (exact) mass is 305 g/mol. The Labute approximate surface area is 129 Å². The maximum absolute atomic E-state index is 6.40. The molecular weight excluding hydrogens is 289 g/mol. The molecule has 0 heterocycles. The van der Waals surface area contributed by atoms with Gasteiger partial charge in [-0.3, -0.25) is 0 Å². The van der Waals surface area contributed by atoms with Gasteiger partial charge in [-0.15, -0.1) is 0 Å². The van der Waals surface area contributed by atoms with Gasteiger partial charge >= 0.3 is 0 Å². The molecule has 0 bridgehead atoms. The highest BCUT2D eigenvalue weighted by atomic mass is 35.5. The molecule has 3 rings (SSSR count). The number of hydrogen-bond donors (Lipinski definition) is 1. The van der Waals surface area contributed by atoms with Crippen LogP contribution in [0.3, 0.4) is 0 Å². The maximum atomic E-state index is 6.40. The highest BCUT2D eigenvalue weighted by molar-refractivity contribution is 6.35. The van der Waals surface area contributed by atoms with E-state index in [1.165, 1.54) is 16.7 Å². The summed E-state index contributed by atoms with van der Waals surface area (Å²) in [6.07, 6.45) is 2.22. The quantitative estimate of drug-likeness (QED) is 0.806. The highest BCUT2D eigenvalue weighted by Crippen LogP contribution is 2.43. The molecule has 0 radical (unpaired) electrons. The first-order chi connectivity index (χ1) is 9.70. The van der Waals surface area contributed by atoms with Crippen LogP contribution in [-0.4, -0.2) is 7.05 Å². The summed E-state index contributed by atoms with van der Waals surface area (Å²) in [7, 11) is 2.02.